The Labute approximate surface area is 177 Å². The van der Waals surface area contributed by atoms with Crippen LogP contribution in [0.4, 0.5) is 0 Å². The average molecular weight is 418 g/mol. The molecule has 156 valence electrons. The van der Waals surface area contributed by atoms with Crippen molar-refractivity contribution in [3.63, 3.8) is 0 Å². The molecular weight excluding hydrogens is 390 g/mol. The maximum absolute atomic E-state index is 13.0. The number of hydrogen-bond donors (Lipinski definition) is 2. The minimum Gasteiger partial charge on any atom is -0.381 e. The molecule has 6 nitrogen and oxygen atoms in total. The second kappa shape index (κ2) is 9.11. The Morgan fingerprint density at radius 3 is 2.59 bits per heavy atom. The summed E-state index contributed by atoms with van der Waals surface area (Å²) in [5, 5.41) is 5.25. The lowest BCUT2D eigenvalue weighted by molar-refractivity contribution is -0.141. The van der Waals surface area contributed by atoms with Crippen molar-refractivity contribution in [1.29, 1.82) is 0 Å². The number of carbonyl (C=O) groups excluding carboxylic acids is 2. The molecule has 4 rings (SSSR count). The van der Waals surface area contributed by atoms with Crippen LogP contribution in [0.25, 0.3) is 10.8 Å². The van der Waals surface area contributed by atoms with Gasteiger partial charge in [-0.3, -0.25) is 9.59 Å². The molecule has 1 unspecified atom stereocenters. The zero-order valence-electron chi connectivity index (χ0n) is 16.4. The first-order valence-corrected chi connectivity index (χ1v) is 10.0. The summed E-state index contributed by atoms with van der Waals surface area (Å²) in [5.74, 6) is -0.112. The summed E-state index contributed by atoms with van der Waals surface area (Å²) >= 11 is 0. The molecule has 2 saturated heterocycles. The van der Waals surface area contributed by atoms with E-state index in [1.165, 1.54) is 0 Å². The van der Waals surface area contributed by atoms with Gasteiger partial charge in [-0.25, -0.2) is 0 Å². The van der Waals surface area contributed by atoms with Crippen LogP contribution in [0.15, 0.2) is 42.5 Å². The molecule has 2 aliphatic heterocycles. The highest BCUT2D eigenvalue weighted by Gasteiger charge is 2.40. The third kappa shape index (κ3) is 4.71. The normalized spacial score (nSPS) is 21.3. The summed E-state index contributed by atoms with van der Waals surface area (Å²) < 4.78 is 5.35. The fourth-order valence-electron chi connectivity index (χ4n) is 4.14. The van der Waals surface area contributed by atoms with Gasteiger partial charge in [-0.1, -0.05) is 30.3 Å². The highest BCUT2D eigenvalue weighted by atomic mass is 35.5. The maximum atomic E-state index is 13.0. The van der Waals surface area contributed by atoms with Gasteiger partial charge in [0.2, 0.25) is 5.91 Å². The van der Waals surface area contributed by atoms with Crippen LogP contribution < -0.4 is 11.1 Å². The van der Waals surface area contributed by atoms with Gasteiger partial charge in [0.15, 0.2) is 0 Å². The third-order valence-corrected chi connectivity index (χ3v) is 5.87. The first-order valence-electron chi connectivity index (χ1n) is 10.0. The van der Waals surface area contributed by atoms with E-state index in [0.29, 0.717) is 44.7 Å². The predicted octanol–water partition coefficient (Wildman–Crippen LogP) is 2.49. The Morgan fingerprint density at radius 2 is 1.83 bits per heavy atom. The summed E-state index contributed by atoms with van der Waals surface area (Å²) in [5.41, 5.74) is 6.18. The first-order chi connectivity index (χ1) is 13.5. The Balaban J connectivity index is 0.00000240. The number of nitrogens with one attached hydrogen (secondary N) is 1. The van der Waals surface area contributed by atoms with Crippen molar-refractivity contribution < 1.29 is 14.3 Å². The van der Waals surface area contributed by atoms with Crippen molar-refractivity contribution in [3.05, 3.63) is 48.0 Å². The van der Waals surface area contributed by atoms with Gasteiger partial charge in [-0.2, -0.15) is 0 Å². The van der Waals surface area contributed by atoms with Crippen molar-refractivity contribution in [2.45, 2.75) is 37.3 Å². The van der Waals surface area contributed by atoms with E-state index in [2.05, 4.69) is 5.32 Å². The van der Waals surface area contributed by atoms with E-state index in [0.717, 1.165) is 23.6 Å². The van der Waals surface area contributed by atoms with Crippen molar-refractivity contribution in [2.24, 2.45) is 5.73 Å². The maximum Gasteiger partial charge on any atom is 0.251 e. The molecule has 2 heterocycles. The largest absolute Gasteiger partial charge is 0.381 e. The standard InChI is InChI=1S/C22H27N3O3.ClH/c23-22(9-12-28-13-10-22)21(27)25-11-3-6-19(15-25)24-20(26)18-8-7-16-4-1-2-5-17(16)14-18;/h1-2,4-5,7-8,14,19H,3,6,9-13,15,23H2,(H,24,26);1H. The zero-order chi connectivity index (χ0) is 19.6. The summed E-state index contributed by atoms with van der Waals surface area (Å²) in [4.78, 5) is 27.5. The van der Waals surface area contributed by atoms with Gasteiger partial charge < -0.3 is 20.7 Å². The molecule has 2 aromatic rings. The fraction of sp³-hybridized carbons (Fsp3) is 0.455. The molecule has 0 aromatic heterocycles. The molecule has 3 N–H and O–H groups in total. The van der Waals surface area contributed by atoms with Crippen LogP contribution in [0.2, 0.25) is 0 Å². The number of nitrogens with two attached hydrogens (primary N) is 1. The number of likely N-dealkylation sites (tertiary alicyclic amines) is 1. The van der Waals surface area contributed by atoms with E-state index < -0.39 is 5.54 Å². The number of fused-ring (bicyclic) bond motifs is 1. The smallest absolute Gasteiger partial charge is 0.251 e. The number of carbonyl (C=O) groups is 2. The second-order valence-corrected chi connectivity index (χ2v) is 7.89. The van der Waals surface area contributed by atoms with Gasteiger partial charge >= 0.3 is 0 Å². The van der Waals surface area contributed by atoms with Crippen molar-refractivity contribution in [1.82, 2.24) is 10.2 Å². The molecule has 0 aliphatic carbocycles. The predicted molar refractivity (Wildman–Crippen MR) is 115 cm³/mol. The Hall–Kier alpha value is -2.15. The van der Waals surface area contributed by atoms with Crippen molar-refractivity contribution in [3.8, 4) is 0 Å². The molecule has 2 fully saturated rings. The van der Waals surface area contributed by atoms with E-state index in [4.69, 9.17) is 10.5 Å². The number of benzene rings is 2. The lowest BCUT2D eigenvalue weighted by Crippen LogP contribution is -2.61. The molecular formula is C22H28ClN3O3. The Morgan fingerprint density at radius 1 is 1.10 bits per heavy atom. The van der Waals surface area contributed by atoms with Crippen LogP contribution in [0.5, 0.6) is 0 Å². The molecule has 2 aromatic carbocycles. The van der Waals surface area contributed by atoms with Crippen LogP contribution in [-0.2, 0) is 9.53 Å². The highest BCUT2D eigenvalue weighted by Crippen LogP contribution is 2.23. The van der Waals surface area contributed by atoms with Gasteiger partial charge in [0.05, 0.1) is 5.54 Å². The molecule has 0 radical (unpaired) electrons. The molecule has 29 heavy (non-hydrogen) atoms. The van der Waals surface area contributed by atoms with Crippen LogP contribution in [0.1, 0.15) is 36.0 Å². The van der Waals surface area contributed by atoms with Crippen LogP contribution in [0, 0.1) is 0 Å². The van der Waals surface area contributed by atoms with Crippen LogP contribution in [0.3, 0.4) is 0 Å². The number of hydrogen-bond acceptors (Lipinski definition) is 4. The number of halogens is 1. The van der Waals surface area contributed by atoms with Gasteiger partial charge in [0.1, 0.15) is 0 Å². The number of nitrogens with zero attached hydrogens (tertiary/aromatic N) is 1. The van der Waals surface area contributed by atoms with Crippen molar-refractivity contribution >= 4 is 35.0 Å². The fourth-order valence-corrected chi connectivity index (χ4v) is 4.14. The Kier molecular flexibility index (Phi) is 6.77. The molecule has 0 bridgehead atoms. The quantitative estimate of drug-likeness (QED) is 0.803. The average Bonchev–Trinajstić information content (AvgIpc) is 2.73. The summed E-state index contributed by atoms with van der Waals surface area (Å²) in [6, 6.07) is 13.6. The summed E-state index contributed by atoms with van der Waals surface area (Å²) in [7, 11) is 0. The second-order valence-electron chi connectivity index (χ2n) is 7.89. The SMILES string of the molecule is Cl.NC1(C(=O)N2CCCC(NC(=O)c3ccc4ccccc4c3)C2)CCOCC1. The molecule has 1 atom stereocenters. The van der Waals surface area contributed by atoms with Gasteiger partial charge in [-0.05, 0) is 48.6 Å². The van der Waals surface area contributed by atoms with E-state index in [1.807, 2.05) is 47.4 Å². The van der Waals surface area contributed by atoms with Gasteiger partial charge in [0.25, 0.3) is 5.91 Å². The monoisotopic (exact) mass is 417 g/mol. The molecule has 0 spiro atoms. The molecule has 2 aliphatic rings. The van der Waals surface area contributed by atoms with E-state index >= 15 is 0 Å². The van der Waals surface area contributed by atoms with Crippen LogP contribution in [-0.4, -0.2) is 54.6 Å². The molecule has 2 amide bonds. The molecule has 0 saturated carbocycles. The summed E-state index contributed by atoms with van der Waals surface area (Å²) in [6.45, 7) is 2.26. The number of amides is 2. The lowest BCUT2D eigenvalue weighted by atomic mass is 9.88. The van der Waals surface area contributed by atoms with E-state index in [1.54, 1.807) is 0 Å². The Bertz CT molecular complexity index is 882. The van der Waals surface area contributed by atoms with Gasteiger partial charge in [0, 0.05) is 37.9 Å². The molecule has 7 heteroatoms. The zero-order valence-corrected chi connectivity index (χ0v) is 17.2. The number of ether oxygens (including phenoxy) is 1. The van der Waals surface area contributed by atoms with Gasteiger partial charge in [-0.15, -0.1) is 12.4 Å². The van der Waals surface area contributed by atoms with Crippen molar-refractivity contribution in [2.75, 3.05) is 26.3 Å². The minimum absolute atomic E-state index is 0. The topological polar surface area (TPSA) is 84.7 Å². The number of rotatable bonds is 3. The lowest BCUT2D eigenvalue weighted by Gasteiger charge is -2.40. The number of piperidine rings is 1. The minimum atomic E-state index is -0.831. The first kappa shape index (κ1) is 21.6. The van der Waals surface area contributed by atoms with E-state index in [9.17, 15) is 9.59 Å². The third-order valence-electron chi connectivity index (χ3n) is 5.87. The van der Waals surface area contributed by atoms with Crippen LogP contribution >= 0.6 is 12.4 Å². The summed E-state index contributed by atoms with van der Waals surface area (Å²) in [6.07, 6.45) is 2.83. The highest BCUT2D eigenvalue weighted by molar-refractivity contribution is 5.98. The van der Waals surface area contributed by atoms with E-state index in [-0.39, 0.29) is 30.3 Å².